The number of morpholine rings is 1. The van der Waals surface area contributed by atoms with E-state index in [9.17, 15) is 4.79 Å². The molecule has 114 valence electrons. The molecule has 0 aromatic heterocycles. The minimum atomic E-state index is -0.942. The van der Waals surface area contributed by atoms with Crippen molar-refractivity contribution in [3.63, 3.8) is 0 Å². The summed E-state index contributed by atoms with van der Waals surface area (Å²) in [5.41, 5.74) is 1.23. The zero-order valence-electron chi connectivity index (χ0n) is 11.9. The Hall–Kier alpha value is -1.10. The minimum Gasteiger partial charge on any atom is -0.478 e. The highest BCUT2D eigenvalue weighted by molar-refractivity contribution is 6.31. The lowest BCUT2D eigenvalue weighted by molar-refractivity contribution is -0.0911. The van der Waals surface area contributed by atoms with Crippen molar-refractivity contribution >= 4 is 17.6 Å². The van der Waals surface area contributed by atoms with Crippen molar-refractivity contribution in [1.82, 2.24) is 4.90 Å². The molecule has 3 rings (SSSR count). The highest BCUT2D eigenvalue weighted by Gasteiger charge is 2.34. The van der Waals surface area contributed by atoms with Crippen LogP contribution in [-0.2, 0) is 11.3 Å². The Morgan fingerprint density at radius 3 is 2.95 bits per heavy atom. The lowest BCUT2D eigenvalue weighted by Crippen LogP contribution is -2.52. The molecule has 1 saturated carbocycles. The maximum Gasteiger partial charge on any atom is 0.335 e. The number of halogens is 1. The summed E-state index contributed by atoms with van der Waals surface area (Å²) >= 11 is 6.25. The third-order valence-electron chi connectivity index (χ3n) is 4.52. The molecule has 0 radical (unpaired) electrons. The van der Waals surface area contributed by atoms with Crippen molar-refractivity contribution in [3.05, 3.63) is 34.3 Å². The number of benzene rings is 1. The predicted octanol–water partition coefficient (Wildman–Crippen LogP) is 3.18. The molecule has 0 amide bonds. The third kappa shape index (κ3) is 3.23. The fourth-order valence-electron chi connectivity index (χ4n) is 3.40. The molecule has 1 aliphatic carbocycles. The summed E-state index contributed by atoms with van der Waals surface area (Å²) in [6.45, 7) is 2.45. The molecule has 1 aromatic rings. The Bertz CT molecular complexity index is 532. The molecule has 1 saturated heterocycles. The molecule has 2 aliphatic rings. The smallest absolute Gasteiger partial charge is 0.335 e. The average molecular weight is 310 g/mol. The number of fused-ring (bicyclic) bond motifs is 1. The van der Waals surface area contributed by atoms with Gasteiger partial charge >= 0.3 is 5.97 Å². The third-order valence-corrected chi connectivity index (χ3v) is 4.87. The van der Waals surface area contributed by atoms with Crippen LogP contribution < -0.4 is 0 Å². The molecule has 5 heteroatoms. The molecule has 2 atom stereocenters. The van der Waals surface area contributed by atoms with Crippen LogP contribution in [0.2, 0.25) is 5.02 Å². The van der Waals surface area contributed by atoms with Crippen LogP contribution in [0, 0.1) is 0 Å². The summed E-state index contributed by atoms with van der Waals surface area (Å²) in [5, 5.41) is 9.53. The van der Waals surface area contributed by atoms with Crippen LogP contribution in [0.4, 0.5) is 0 Å². The number of carboxylic acid groups (broad SMARTS) is 1. The van der Waals surface area contributed by atoms with Crippen molar-refractivity contribution < 1.29 is 14.6 Å². The Labute approximate surface area is 129 Å². The number of carbonyl (C=O) groups is 1. The highest BCUT2D eigenvalue weighted by Crippen LogP contribution is 2.30. The van der Waals surface area contributed by atoms with E-state index >= 15 is 0 Å². The molecular formula is C16H20ClNO3. The molecule has 1 aromatic carbocycles. The number of rotatable bonds is 3. The van der Waals surface area contributed by atoms with Crippen LogP contribution >= 0.6 is 11.6 Å². The first-order valence-electron chi connectivity index (χ1n) is 7.52. The van der Waals surface area contributed by atoms with Crippen molar-refractivity contribution in [2.24, 2.45) is 0 Å². The van der Waals surface area contributed by atoms with Gasteiger partial charge in [-0.15, -0.1) is 0 Å². The van der Waals surface area contributed by atoms with Gasteiger partial charge in [-0.05, 0) is 30.5 Å². The first-order chi connectivity index (χ1) is 10.1. The summed E-state index contributed by atoms with van der Waals surface area (Å²) in [6, 6.07) is 5.47. The minimum absolute atomic E-state index is 0.237. The second-order valence-corrected chi connectivity index (χ2v) is 6.25. The van der Waals surface area contributed by atoms with Gasteiger partial charge in [0.25, 0.3) is 0 Å². The van der Waals surface area contributed by atoms with Crippen molar-refractivity contribution in [2.75, 3.05) is 13.2 Å². The van der Waals surface area contributed by atoms with Gasteiger partial charge in [-0.3, -0.25) is 4.90 Å². The molecule has 0 spiro atoms. The number of hydrogen-bond acceptors (Lipinski definition) is 3. The van der Waals surface area contributed by atoms with Gasteiger partial charge in [0.15, 0.2) is 0 Å². The van der Waals surface area contributed by atoms with E-state index in [1.54, 1.807) is 6.07 Å². The molecule has 21 heavy (non-hydrogen) atoms. The molecule has 2 unspecified atom stereocenters. The fourth-order valence-corrected chi connectivity index (χ4v) is 3.64. The number of aromatic carboxylic acids is 1. The van der Waals surface area contributed by atoms with Gasteiger partial charge in [0.2, 0.25) is 0 Å². The van der Waals surface area contributed by atoms with Crippen molar-refractivity contribution in [1.29, 1.82) is 0 Å². The Morgan fingerprint density at radius 1 is 1.38 bits per heavy atom. The highest BCUT2D eigenvalue weighted by atomic mass is 35.5. The standard InChI is InChI=1S/C16H20ClNO3/c17-13-9-11(16(19)20)5-6-12(13)10-18-7-8-21-15-4-2-1-3-14(15)18/h5-6,9,14-15H,1-4,7-8,10H2,(H,19,20). The number of nitrogens with zero attached hydrogens (tertiary/aromatic N) is 1. The Morgan fingerprint density at radius 2 is 2.19 bits per heavy atom. The monoisotopic (exact) mass is 309 g/mol. The molecule has 1 N–H and O–H groups in total. The SMILES string of the molecule is O=C(O)c1ccc(CN2CCOC3CCCCC32)c(Cl)c1. The predicted molar refractivity (Wildman–Crippen MR) is 80.8 cm³/mol. The first kappa shape index (κ1) is 14.8. The fraction of sp³-hybridized carbons (Fsp3) is 0.562. The lowest BCUT2D eigenvalue weighted by atomic mass is 9.90. The summed E-state index contributed by atoms with van der Waals surface area (Å²) in [7, 11) is 0. The van der Waals surface area contributed by atoms with Crippen LogP contribution in [0.5, 0.6) is 0 Å². The second kappa shape index (κ2) is 6.34. The van der Waals surface area contributed by atoms with E-state index in [1.165, 1.54) is 25.3 Å². The largest absolute Gasteiger partial charge is 0.478 e. The van der Waals surface area contributed by atoms with Crippen molar-refractivity contribution in [3.8, 4) is 0 Å². The normalized spacial score (nSPS) is 26.3. The van der Waals surface area contributed by atoms with Gasteiger partial charge in [-0.1, -0.05) is 30.5 Å². The molecule has 1 aliphatic heterocycles. The van der Waals surface area contributed by atoms with Gasteiger partial charge in [-0.25, -0.2) is 4.79 Å². The van der Waals surface area contributed by atoms with Crippen molar-refractivity contribution in [2.45, 2.75) is 44.4 Å². The second-order valence-electron chi connectivity index (χ2n) is 5.84. The zero-order chi connectivity index (χ0) is 14.8. The first-order valence-corrected chi connectivity index (χ1v) is 7.90. The van der Waals surface area contributed by atoms with Crippen LogP contribution in [0.25, 0.3) is 0 Å². The zero-order valence-corrected chi connectivity index (χ0v) is 12.7. The summed E-state index contributed by atoms with van der Waals surface area (Å²) < 4.78 is 5.88. The Kier molecular flexibility index (Phi) is 4.48. The van der Waals surface area contributed by atoms with Gasteiger partial charge in [0.1, 0.15) is 0 Å². The number of ether oxygens (including phenoxy) is 1. The van der Waals surface area contributed by atoms with E-state index in [1.807, 2.05) is 6.07 Å². The number of carboxylic acids is 1. The maximum absolute atomic E-state index is 11.0. The van der Waals surface area contributed by atoms with Crippen LogP contribution in [0.1, 0.15) is 41.6 Å². The molecule has 2 fully saturated rings. The molecule has 4 nitrogen and oxygen atoms in total. The summed E-state index contributed by atoms with van der Waals surface area (Å²) in [4.78, 5) is 13.4. The Balaban J connectivity index is 1.74. The quantitative estimate of drug-likeness (QED) is 0.931. The van der Waals surface area contributed by atoms with E-state index in [2.05, 4.69) is 4.90 Å². The van der Waals surface area contributed by atoms with Gasteiger partial charge in [-0.2, -0.15) is 0 Å². The van der Waals surface area contributed by atoms with Crippen LogP contribution in [0.15, 0.2) is 18.2 Å². The van der Waals surface area contributed by atoms with E-state index in [-0.39, 0.29) is 5.56 Å². The van der Waals surface area contributed by atoms with E-state index in [0.717, 1.165) is 31.7 Å². The molecule has 1 heterocycles. The lowest BCUT2D eigenvalue weighted by Gasteiger charge is -2.44. The van der Waals surface area contributed by atoms with Gasteiger partial charge < -0.3 is 9.84 Å². The van der Waals surface area contributed by atoms with Gasteiger partial charge in [0.05, 0.1) is 18.3 Å². The maximum atomic E-state index is 11.0. The average Bonchev–Trinajstić information content (AvgIpc) is 2.49. The van der Waals surface area contributed by atoms with Crippen LogP contribution in [0.3, 0.4) is 0 Å². The van der Waals surface area contributed by atoms with Crippen LogP contribution in [-0.4, -0.2) is 41.3 Å². The molecular weight excluding hydrogens is 290 g/mol. The summed E-state index contributed by atoms with van der Waals surface area (Å²) in [5.74, 6) is -0.942. The van der Waals surface area contributed by atoms with E-state index < -0.39 is 5.97 Å². The van der Waals surface area contributed by atoms with Gasteiger partial charge in [0, 0.05) is 24.2 Å². The molecule has 0 bridgehead atoms. The summed E-state index contributed by atoms with van der Waals surface area (Å²) in [6.07, 6.45) is 5.18. The van der Waals surface area contributed by atoms with E-state index in [0.29, 0.717) is 17.2 Å². The number of hydrogen-bond donors (Lipinski definition) is 1. The van der Waals surface area contributed by atoms with E-state index in [4.69, 9.17) is 21.4 Å². The topological polar surface area (TPSA) is 49.8 Å².